The van der Waals surface area contributed by atoms with Gasteiger partial charge in [0, 0.05) is 11.4 Å². The fourth-order valence-corrected chi connectivity index (χ4v) is 3.67. The van der Waals surface area contributed by atoms with Crippen molar-refractivity contribution in [3.8, 4) is 6.07 Å². The number of fused-ring (bicyclic) bond motifs is 1. The monoisotopic (exact) mass is 294 g/mol. The third-order valence-corrected chi connectivity index (χ3v) is 5.00. The van der Waals surface area contributed by atoms with Crippen molar-refractivity contribution in [3.05, 3.63) is 58.8 Å². The molecule has 0 spiro atoms. The molecule has 0 amide bonds. The highest BCUT2D eigenvalue weighted by Gasteiger charge is 2.19. The van der Waals surface area contributed by atoms with E-state index in [4.69, 9.17) is 4.98 Å². The molecule has 3 heteroatoms. The highest BCUT2D eigenvalue weighted by atomic mass is 32.2. The Bertz CT molecular complexity index is 674. The molecule has 0 N–H and O–H groups in total. The molecule has 21 heavy (non-hydrogen) atoms. The maximum atomic E-state index is 9.38. The summed E-state index contributed by atoms with van der Waals surface area (Å²) in [6.45, 7) is 2.27. The Kier molecular flexibility index (Phi) is 4.26. The summed E-state index contributed by atoms with van der Waals surface area (Å²) in [5.41, 5.74) is 4.46. The van der Waals surface area contributed by atoms with Crippen molar-refractivity contribution < 1.29 is 0 Å². The summed E-state index contributed by atoms with van der Waals surface area (Å²) >= 11 is 1.66. The highest BCUT2D eigenvalue weighted by molar-refractivity contribution is 7.98. The minimum atomic E-state index is 0.702. The Labute approximate surface area is 130 Å². The number of aryl methyl sites for hydroxylation is 1. The zero-order chi connectivity index (χ0) is 14.7. The van der Waals surface area contributed by atoms with Crippen LogP contribution in [0.1, 0.15) is 35.7 Å². The van der Waals surface area contributed by atoms with Crippen LogP contribution in [0.25, 0.3) is 0 Å². The van der Waals surface area contributed by atoms with Crippen molar-refractivity contribution >= 4 is 11.8 Å². The van der Waals surface area contributed by atoms with Gasteiger partial charge in [0.05, 0.1) is 5.56 Å². The molecular formula is C18H18N2S. The lowest BCUT2D eigenvalue weighted by Crippen LogP contribution is -2.14. The van der Waals surface area contributed by atoms with Crippen LogP contribution < -0.4 is 0 Å². The second-order valence-corrected chi connectivity index (χ2v) is 6.64. The van der Waals surface area contributed by atoms with E-state index in [1.54, 1.807) is 11.8 Å². The second-order valence-electron chi connectivity index (χ2n) is 5.68. The van der Waals surface area contributed by atoms with Gasteiger partial charge in [-0.2, -0.15) is 5.26 Å². The van der Waals surface area contributed by atoms with E-state index in [1.807, 2.05) is 18.2 Å². The van der Waals surface area contributed by atoms with E-state index >= 15 is 0 Å². The third-order valence-electron chi connectivity index (χ3n) is 3.94. The van der Waals surface area contributed by atoms with Crippen LogP contribution in [0, 0.1) is 17.2 Å². The molecule has 1 aliphatic rings. The van der Waals surface area contributed by atoms with E-state index in [2.05, 4.69) is 31.2 Å². The maximum Gasteiger partial charge on any atom is 0.114 e. The Morgan fingerprint density at radius 3 is 2.90 bits per heavy atom. The fourth-order valence-electron chi connectivity index (χ4n) is 2.74. The number of aromatic nitrogens is 1. The number of nitriles is 1. The molecule has 1 aromatic carbocycles. The minimum Gasteiger partial charge on any atom is -0.245 e. The lowest BCUT2D eigenvalue weighted by atomic mass is 9.87. The summed E-state index contributed by atoms with van der Waals surface area (Å²) < 4.78 is 0. The Hall–Kier alpha value is -1.79. The van der Waals surface area contributed by atoms with Gasteiger partial charge in [0.2, 0.25) is 0 Å². The topological polar surface area (TPSA) is 36.7 Å². The van der Waals surface area contributed by atoms with Crippen molar-refractivity contribution in [3.63, 3.8) is 0 Å². The van der Waals surface area contributed by atoms with Crippen LogP contribution in [0.2, 0.25) is 0 Å². The van der Waals surface area contributed by atoms with Crippen LogP contribution in [0.4, 0.5) is 0 Å². The van der Waals surface area contributed by atoms with E-state index < -0.39 is 0 Å². The summed E-state index contributed by atoms with van der Waals surface area (Å²) in [6, 6.07) is 14.7. The van der Waals surface area contributed by atoms with E-state index in [9.17, 15) is 5.26 Å². The third kappa shape index (κ3) is 3.28. The maximum absolute atomic E-state index is 9.38. The summed E-state index contributed by atoms with van der Waals surface area (Å²) in [4.78, 5) is 4.77. The molecule has 0 saturated carbocycles. The fraction of sp³-hybridized carbons (Fsp3) is 0.333. The van der Waals surface area contributed by atoms with Gasteiger partial charge in [-0.05, 0) is 42.4 Å². The van der Waals surface area contributed by atoms with Crippen LogP contribution in [0.5, 0.6) is 0 Å². The summed E-state index contributed by atoms with van der Waals surface area (Å²) in [5.74, 6) is 1.56. The van der Waals surface area contributed by atoms with Crippen molar-refractivity contribution in [2.45, 2.75) is 37.0 Å². The van der Waals surface area contributed by atoms with Gasteiger partial charge < -0.3 is 0 Å². The number of hydrogen-bond donors (Lipinski definition) is 0. The quantitative estimate of drug-likeness (QED) is 0.789. The zero-order valence-corrected chi connectivity index (χ0v) is 13.0. The first-order valence-corrected chi connectivity index (χ1v) is 8.34. The van der Waals surface area contributed by atoms with E-state index in [0.29, 0.717) is 5.92 Å². The molecule has 1 aliphatic carbocycles. The standard InChI is InChI=1S/C18H18N2S/c1-13-7-8-17-15(9-13)10-16(11-19)18(20-17)21-12-14-5-3-2-4-6-14/h2-6,10,13H,7-9,12H2,1H3. The van der Waals surface area contributed by atoms with Gasteiger partial charge in [-0.15, -0.1) is 11.8 Å². The van der Waals surface area contributed by atoms with E-state index in [0.717, 1.165) is 29.2 Å². The number of nitrogens with zero attached hydrogens (tertiary/aromatic N) is 2. The van der Waals surface area contributed by atoms with Gasteiger partial charge in [0.15, 0.2) is 0 Å². The Balaban J connectivity index is 1.83. The molecule has 1 heterocycles. The number of hydrogen-bond acceptors (Lipinski definition) is 3. The van der Waals surface area contributed by atoms with Gasteiger partial charge >= 0.3 is 0 Å². The minimum absolute atomic E-state index is 0.702. The molecule has 1 atom stereocenters. The van der Waals surface area contributed by atoms with E-state index in [1.165, 1.54) is 23.2 Å². The number of rotatable bonds is 3. The van der Waals surface area contributed by atoms with Gasteiger partial charge in [-0.25, -0.2) is 4.98 Å². The molecule has 1 unspecified atom stereocenters. The summed E-state index contributed by atoms with van der Waals surface area (Å²) in [7, 11) is 0. The lowest BCUT2D eigenvalue weighted by molar-refractivity contribution is 0.491. The van der Waals surface area contributed by atoms with Crippen LogP contribution in [-0.2, 0) is 18.6 Å². The molecule has 0 radical (unpaired) electrons. The van der Waals surface area contributed by atoms with Crippen molar-refractivity contribution in [1.29, 1.82) is 5.26 Å². The molecule has 0 bridgehead atoms. The SMILES string of the molecule is CC1CCc2nc(SCc3ccccc3)c(C#N)cc2C1. The van der Waals surface area contributed by atoms with Crippen molar-refractivity contribution in [1.82, 2.24) is 4.98 Å². The number of benzene rings is 1. The van der Waals surface area contributed by atoms with Gasteiger partial charge in [-0.3, -0.25) is 0 Å². The molecule has 2 nitrogen and oxygen atoms in total. The molecule has 106 valence electrons. The first kappa shape index (κ1) is 14.2. The molecule has 0 aliphatic heterocycles. The van der Waals surface area contributed by atoms with Gasteiger partial charge in [-0.1, -0.05) is 37.3 Å². The molecule has 2 aromatic rings. The Morgan fingerprint density at radius 2 is 2.14 bits per heavy atom. The number of thioether (sulfide) groups is 1. The normalized spacial score (nSPS) is 17.0. The predicted molar refractivity (Wildman–Crippen MR) is 86.1 cm³/mol. The van der Waals surface area contributed by atoms with Gasteiger partial charge in [0.25, 0.3) is 0 Å². The van der Waals surface area contributed by atoms with E-state index in [-0.39, 0.29) is 0 Å². The molecule has 0 saturated heterocycles. The largest absolute Gasteiger partial charge is 0.245 e. The van der Waals surface area contributed by atoms with Gasteiger partial charge in [0.1, 0.15) is 11.1 Å². The molecule has 3 rings (SSSR count). The molecular weight excluding hydrogens is 276 g/mol. The van der Waals surface area contributed by atoms with Crippen molar-refractivity contribution in [2.75, 3.05) is 0 Å². The first-order chi connectivity index (χ1) is 10.3. The van der Waals surface area contributed by atoms with Crippen LogP contribution >= 0.6 is 11.8 Å². The average molecular weight is 294 g/mol. The van der Waals surface area contributed by atoms with Crippen molar-refractivity contribution in [2.24, 2.45) is 5.92 Å². The summed E-state index contributed by atoms with van der Waals surface area (Å²) in [5, 5.41) is 10.3. The number of pyridine rings is 1. The molecule has 0 fully saturated rings. The highest BCUT2D eigenvalue weighted by Crippen LogP contribution is 2.30. The van der Waals surface area contributed by atoms with Crippen LogP contribution in [0.15, 0.2) is 41.4 Å². The molecule has 1 aromatic heterocycles. The second kappa shape index (κ2) is 6.32. The zero-order valence-electron chi connectivity index (χ0n) is 12.2. The average Bonchev–Trinajstić information content (AvgIpc) is 2.53. The Morgan fingerprint density at radius 1 is 1.33 bits per heavy atom. The first-order valence-electron chi connectivity index (χ1n) is 7.36. The lowest BCUT2D eigenvalue weighted by Gasteiger charge is -2.21. The van der Waals surface area contributed by atoms with Crippen LogP contribution in [0.3, 0.4) is 0 Å². The predicted octanol–water partition coefficient (Wildman–Crippen LogP) is 4.37. The van der Waals surface area contributed by atoms with Crippen LogP contribution in [-0.4, -0.2) is 4.98 Å². The smallest absolute Gasteiger partial charge is 0.114 e. The summed E-state index contributed by atoms with van der Waals surface area (Å²) in [6.07, 6.45) is 3.30.